The Morgan fingerprint density at radius 3 is 2.33 bits per heavy atom. The second-order valence-corrected chi connectivity index (χ2v) is 4.78. The fourth-order valence-electron chi connectivity index (χ4n) is 2.36. The average Bonchev–Trinajstić information content (AvgIpc) is 2.57. The minimum atomic E-state index is -0.873. The molecule has 0 radical (unpaired) electrons. The molecule has 2 rings (SSSR count). The Balaban J connectivity index is 2.37. The highest BCUT2D eigenvalue weighted by Gasteiger charge is 2.13. The van der Waals surface area contributed by atoms with E-state index in [-0.39, 0.29) is 0 Å². The maximum Gasteiger partial charge on any atom is 0.352 e. The van der Waals surface area contributed by atoms with Crippen LogP contribution in [0.3, 0.4) is 0 Å². The molecule has 0 aliphatic carbocycles. The Kier molecular flexibility index (Phi) is 3.24. The molecular weight excluding hydrogens is 226 g/mol. The predicted molar refractivity (Wildman–Crippen MR) is 71.1 cm³/mol. The van der Waals surface area contributed by atoms with E-state index in [1.54, 1.807) is 4.57 Å². The highest BCUT2D eigenvalue weighted by Crippen LogP contribution is 2.15. The van der Waals surface area contributed by atoms with Gasteiger partial charge >= 0.3 is 5.97 Å². The van der Waals surface area contributed by atoms with E-state index >= 15 is 0 Å². The van der Waals surface area contributed by atoms with Crippen LogP contribution in [-0.2, 0) is 6.54 Å². The van der Waals surface area contributed by atoms with E-state index in [2.05, 4.69) is 32.0 Å². The van der Waals surface area contributed by atoms with Gasteiger partial charge < -0.3 is 9.67 Å². The Hall–Kier alpha value is -2.03. The monoisotopic (exact) mass is 243 g/mol. The summed E-state index contributed by atoms with van der Waals surface area (Å²) in [5.41, 5.74) is 4.70. The number of carboxylic acid groups (broad SMARTS) is 1. The molecule has 1 aromatic heterocycles. The lowest BCUT2D eigenvalue weighted by atomic mass is 10.1. The molecule has 1 aromatic carbocycles. The first kappa shape index (κ1) is 12.4. The second-order valence-electron chi connectivity index (χ2n) is 4.78. The van der Waals surface area contributed by atoms with E-state index < -0.39 is 5.97 Å². The highest BCUT2D eigenvalue weighted by atomic mass is 16.4. The van der Waals surface area contributed by atoms with Gasteiger partial charge in [-0.2, -0.15) is 0 Å². The van der Waals surface area contributed by atoms with E-state index in [0.29, 0.717) is 12.2 Å². The van der Waals surface area contributed by atoms with Crippen molar-refractivity contribution in [1.82, 2.24) is 4.57 Å². The summed E-state index contributed by atoms with van der Waals surface area (Å²) in [6.45, 7) is 6.52. The van der Waals surface area contributed by atoms with Crippen LogP contribution in [0.15, 0.2) is 30.5 Å². The number of rotatable bonds is 3. The molecule has 3 nitrogen and oxygen atoms in total. The van der Waals surface area contributed by atoms with Gasteiger partial charge in [0, 0.05) is 12.7 Å². The van der Waals surface area contributed by atoms with Crippen molar-refractivity contribution in [3.8, 4) is 0 Å². The standard InChI is InChI=1S/C15H17NO2/c1-10-6-11(2)8-13(7-10)9-16-5-4-12(3)14(16)15(17)18/h4-8H,9H2,1-3H3,(H,17,18). The summed E-state index contributed by atoms with van der Waals surface area (Å²) >= 11 is 0. The van der Waals surface area contributed by atoms with Crippen LogP contribution in [0.25, 0.3) is 0 Å². The number of hydrogen-bond donors (Lipinski definition) is 1. The van der Waals surface area contributed by atoms with Crippen molar-refractivity contribution in [3.63, 3.8) is 0 Å². The van der Waals surface area contributed by atoms with Gasteiger partial charge in [-0.15, -0.1) is 0 Å². The summed E-state index contributed by atoms with van der Waals surface area (Å²) in [7, 11) is 0. The largest absolute Gasteiger partial charge is 0.477 e. The van der Waals surface area contributed by atoms with Crippen molar-refractivity contribution in [2.75, 3.05) is 0 Å². The number of hydrogen-bond acceptors (Lipinski definition) is 1. The van der Waals surface area contributed by atoms with Crippen molar-refractivity contribution >= 4 is 5.97 Å². The molecule has 94 valence electrons. The van der Waals surface area contributed by atoms with Crippen molar-refractivity contribution < 1.29 is 9.90 Å². The molecule has 0 unspecified atom stereocenters. The summed E-state index contributed by atoms with van der Waals surface area (Å²) in [4.78, 5) is 11.2. The van der Waals surface area contributed by atoms with Crippen molar-refractivity contribution in [3.05, 3.63) is 58.4 Å². The molecule has 1 heterocycles. The number of carboxylic acids is 1. The predicted octanol–water partition coefficient (Wildman–Crippen LogP) is 3.16. The molecule has 0 spiro atoms. The summed E-state index contributed by atoms with van der Waals surface area (Å²) in [5, 5.41) is 9.20. The van der Waals surface area contributed by atoms with E-state index in [4.69, 9.17) is 0 Å². The second kappa shape index (κ2) is 4.69. The number of aromatic carboxylic acids is 1. The molecule has 2 aromatic rings. The molecule has 18 heavy (non-hydrogen) atoms. The van der Waals surface area contributed by atoms with Gasteiger partial charge in [-0.05, 0) is 38.0 Å². The van der Waals surface area contributed by atoms with Crippen molar-refractivity contribution in [2.45, 2.75) is 27.3 Å². The maximum absolute atomic E-state index is 11.2. The summed E-state index contributed by atoms with van der Waals surface area (Å²) < 4.78 is 1.78. The molecule has 3 heteroatoms. The number of aromatic nitrogens is 1. The van der Waals surface area contributed by atoms with Crippen LogP contribution in [0.2, 0.25) is 0 Å². The van der Waals surface area contributed by atoms with E-state index in [1.807, 2.05) is 19.2 Å². The molecule has 1 N–H and O–H groups in total. The van der Waals surface area contributed by atoms with Crippen LogP contribution in [0.4, 0.5) is 0 Å². The third kappa shape index (κ3) is 2.45. The lowest BCUT2D eigenvalue weighted by molar-refractivity contribution is 0.0685. The Morgan fingerprint density at radius 2 is 1.78 bits per heavy atom. The molecule has 0 amide bonds. The minimum Gasteiger partial charge on any atom is -0.477 e. The lowest BCUT2D eigenvalue weighted by Gasteiger charge is -2.09. The molecule has 0 fully saturated rings. The van der Waals surface area contributed by atoms with Gasteiger partial charge in [0.1, 0.15) is 5.69 Å². The van der Waals surface area contributed by atoms with Crippen molar-refractivity contribution in [1.29, 1.82) is 0 Å². The van der Waals surface area contributed by atoms with E-state index in [0.717, 1.165) is 11.1 Å². The fraction of sp³-hybridized carbons (Fsp3) is 0.267. The van der Waals surface area contributed by atoms with Gasteiger partial charge in [-0.1, -0.05) is 29.3 Å². The van der Waals surface area contributed by atoms with Crippen LogP contribution in [0, 0.1) is 20.8 Å². The molecular formula is C15H17NO2. The third-order valence-corrected chi connectivity index (χ3v) is 3.00. The molecule has 0 atom stereocenters. The first-order valence-electron chi connectivity index (χ1n) is 5.93. The minimum absolute atomic E-state index is 0.370. The summed E-state index contributed by atoms with van der Waals surface area (Å²) in [6.07, 6.45) is 1.83. The third-order valence-electron chi connectivity index (χ3n) is 3.00. The van der Waals surface area contributed by atoms with Crippen LogP contribution in [-0.4, -0.2) is 15.6 Å². The van der Waals surface area contributed by atoms with Crippen molar-refractivity contribution in [2.24, 2.45) is 0 Å². The highest BCUT2D eigenvalue weighted by molar-refractivity contribution is 5.87. The Morgan fingerprint density at radius 1 is 1.17 bits per heavy atom. The van der Waals surface area contributed by atoms with Gasteiger partial charge in [0.05, 0.1) is 0 Å². The van der Waals surface area contributed by atoms with E-state index in [9.17, 15) is 9.90 Å². The molecule has 0 bridgehead atoms. The topological polar surface area (TPSA) is 42.2 Å². The normalized spacial score (nSPS) is 10.6. The molecule has 0 aliphatic rings. The fourth-order valence-corrected chi connectivity index (χ4v) is 2.36. The number of carbonyl (C=O) groups is 1. The number of aryl methyl sites for hydroxylation is 3. The SMILES string of the molecule is Cc1cc(C)cc(Cn2ccc(C)c2C(=O)O)c1. The summed E-state index contributed by atoms with van der Waals surface area (Å²) in [6, 6.07) is 8.14. The Labute approximate surface area is 107 Å². The first-order valence-corrected chi connectivity index (χ1v) is 5.93. The summed E-state index contributed by atoms with van der Waals surface area (Å²) in [5.74, 6) is -0.873. The molecule has 0 aliphatic heterocycles. The smallest absolute Gasteiger partial charge is 0.352 e. The maximum atomic E-state index is 11.2. The quantitative estimate of drug-likeness (QED) is 0.899. The van der Waals surface area contributed by atoms with Gasteiger partial charge in [0.25, 0.3) is 0 Å². The first-order chi connectivity index (χ1) is 8.47. The van der Waals surface area contributed by atoms with Gasteiger partial charge in [-0.3, -0.25) is 0 Å². The van der Waals surface area contributed by atoms with Crippen LogP contribution in [0.1, 0.15) is 32.7 Å². The Bertz CT molecular complexity index is 576. The van der Waals surface area contributed by atoms with Gasteiger partial charge in [-0.25, -0.2) is 4.79 Å². The molecule has 0 saturated carbocycles. The average molecular weight is 243 g/mol. The zero-order valence-electron chi connectivity index (χ0n) is 10.9. The van der Waals surface area contributed by atoms with Crippen LogP contribution < -0.4 is 0 Å². The van der Waals surface area contributed by atoms with Gasteiger partial charge in [0.2, 0.25) is 0 Å². The van der Waals surface area contributed by atoms with Crippen LogP contribution in [0.5, 0.6) is 0 Å². The zero-order chi connectivity index (χ0) is 13.3. The zero-order valence-corrected chi connectivity index (χ0v) is 10.9. The number of benzene rings is 1. The van der Waals surface area contributed by atoms with E-state index in [1.165, 1.54) is 11.1 Å². The van der Waals surface area contributed by atoms with Crippen LogP contribution >= 0.6 is 0 Å². The lowest BCUT2D eigenvalue weighted by Crippen LogP contribution is -2.10. The molecule has 0 saturated heterocycles. The number of nitrogens with zero attached hydrogens (tertiary/aromatic N) is 1. The van der Waals surface area contributed by atoms with Gasteiger partial charge in [0.15, 0.2) is 0 Å².